The molecule has 0 aliphatic carbocycles. The Labute approximate surface area is 119 Å². The first-order valence-electron chi connectivity index (χ1n) is 7.09. The lowest BCUT2D eigenvalue weighted by Gasteiger charge is -2.06. The number of hydrogen-bond acceptors (Lipinski definition) is 3. The minimum absolute atomic E-state index is 0.290. The molecule has 1 aromatic carbocycles. The van der Waals surface area contributed by atoms with E-state index in [0.29, 0.717) is 18.8 Å². The first kappa shape index (κ1) is 14.4. The molecule has 0 radical (unpaired) electrons. The van der Waals surface area contributed by atoms with Gasteiger partial charge >= 0.3 is 5.97 Å². The molecule has 0 amide bonds. The van der Waals surface area contributed by atoms with E-state index in [0.717, 1.165) is 35.2 Å². The van der Waals surface area contributed by atoms with Crippen LogP contribution in [0.3, 0.4) is 0 Å². The Bertz CT molecular complexity index is 601. The first-order chi connectivity index (χ1) is 9.67. The third-order valence-electron chi connectivity index (χ3n) is 3.20. The molecule has 0 spiro atoms. The number of rotatable bonds is 6. The number of unbranched alkanes of at least 4 members (excludes halogenated alkanes) is 1. The second-order valence-corrected chi connectivity index (χ2v) is 4.75. The smallest absolute Gasteiger partial charge is 0.340 e. The second kappa shape index (κ2) is 6.46. The monoisotopic (exact) mass is 275 g/mol. The van der Waals surface area contributed by atoms with Gasteiger partial charge in [0.25, 0.3) is 0 Å². The highest BCUT2D eigenvalue weighted by Gasteiger charge is 2.17. The molecule has 0 saturated heterocycles. The Morgan fingerprint density at radius 3 is 2.80 bits per heavy atom. The Morgan fingerprint density at radius 1 is 1.30 bits per heavy atom. The Hall–Kier alpha value is -1.97. The van der Waals surface area contributed by atoms with Crippen molar-refractivity contribution in [3.05, 3.63) is 29.5 Å². The lowest BCUT2D eigenvalue weighted by molar-refractivity contribution is 0.0528. The maximum absolute atomic E-state index is 12.0. The average molecular weight is 275 g/mol. The van der Waals surface area contributed by atoms with Gasteiger partial charge in [0, 0.05) is 16.6 Å². The van der Waals surface area contributed by atoms with E-state index < -0.39 is 0 Å². The van der Waals surface area contributed by atoms with Crippen molar-refractivity contribution in [3.8, 4) is 5.75 Å². The van der Waals surface area contributed by atoms with E-state index >= 15 is 0 Å². The van der Waals surface area contributed by atoms with Crippen LogP contribution >= 0.6 is 0 Å². The van der Waals surface area contributed by atoms with Crippen LogP contribution in [0, 0.1) is 6.92 Å². The fraction of sp³-hybridized carbons (Fsp3) is 0.438. The summed E-state index contributed by atoms with van der Waals surface area (Å²) in [5.74, 6) is 0.498. The van der Waals surface area contributed by atoms with Crippen LogP contribution in [0.5, 0.6) is 5.75 Å². The van der Waals surface area contributed by atoms with Crippen molar-refractivity contribution in [3.63, 3.8) is 0 Å². The molecule has 20 heavy (non-hydrogen) atoms. The normalized spacial score (nSPS) is 10.8. The molecule has 4 nitrogen and oxygen atoms in total. The van der Waals surface area contributed by atoms with Gasteiger partial charge < -0.3 is 14.5 Å². The summed E-state index contributed by atoms with van der Waals surface area (Å²) in [5.41, 5.74) is 2.35. The van der Waals surface area contributed by atoms with E-state index in [9.17, 15) is 4.79 Å². The van der Waals surface area contributed by atoms with Gasteiger partial charge in [0.1, 0.15) is 5.75 Å². The average Bonchev–Trinajstić information content (AvgIpc) is 2.74. The number of esters is 1. The molecule has 2 rings (SSSR count). The summed E-state index contributed by atoms with van der Waals surface area (Å²) in [4.78, 5) is 15.2. The highest BCUT2D eigenvalue weighted by molar-refractivity contribution is 6.05. The number of carbonyl (C=O) groups excluding carboxylic acids is 1. The molecule has 0 unspecified atom stereocenters. The van der Waals surface area contributed by atoms with Crippen molar-refractivity contribution < 1.29 is 14.3 Å². The predicted octanol–water partition coefficient (Wildman–Crippen LogP) is 3.83. The highest BCUT2D eigenvalue weighted by Crippen LogP contribution is 2.27. The molecule has 4 heteroatoms. The number of fused-ring (bicyclic) bond motifs is 1. The Kier molecular flexibility index (Phi) is 4.66. The molecule has 0 saturated carbocycles. The van der Waals surface area contributed by atoms with Crippen molar-refractivity contribution in [2.45, 2.75) is 33.6 Å². The lowest BCUT2D eigenvalue weighted by atomic mass is 10.1. The topological polar surface area (TPSA) is 51.3 Å². The number of aromatic amines is 1. The van der Waals surface area contributed by atoms with E-state index in [2.05, 4.69) is 11.9 Å². The van der Waals surface area contributed by atoms with Gasteiger partial charge in [-0.05, 0) is 38.5 Å². The summed E-state index contributed by atoms with van der Waals surface area (Å²) in [6.45, 7) is 6.88. The van der Waals surface area contributed by atoms with E-state index in [1.165, 1.54) is 0 Å². The SMILES string of the molecule is CCCCOc1ccc2[nH]c(C)c(C(=O)OCC)c2c1. The van der Waals surface area contributed by atoms with Gasteiger partial charge in [-0.3, -0.25) is 0 Å². The van der Waals surface area contributed by atoms with Crippen LogP contribution in [0.1, 0.15) is 42.7 Å². The first-order valence-corrected chi connectivity index (χ1v) is 7.09. The molecule has 2 aromatic rings. The van der Waals surface area contributed by atoms with Crippen molar-refractivity contribution in [1.82, 2.24) is 4.98 Å². The van der Waals surface area contributed by atoms with Gasteiger partial charge in [-0.15, -0.1) is 0 Å². The summed E-state index contributed by atoms with van der Waals surface area (Å²) in [7, 11) is 0. The number of hydrogen-bond donors (Lipinski definition) is 1. The number of carbonyl (C=O) groups is 1. The zero-order valence-corrected chi connectivity index (χ0v) is 12.3. The number of benzene rings is 1. The molecule has 0 bridgehead atoms. The molecule has 0 atom stereocenters. The minimum Gasteiger partial charge on any atom is -0.494 e. The number of aromatic nitrogens is 1. The molecule has 1 aromatic heterocycles. The third-order valence-corrected chi connectivity index (χ3v) is 3.20. The van der Waals surface area contributed by atoms with Gasteiger partial charge in [0.2, 0.25) is 0 Å². The zero-order valence-electron chi connectivity index (χ0n) is 12.3. The van der Waals surface area contributed by atoms with Crippen molar-refractivity contribution in [1.29, 1.82) is 0 Å². The predicted molar refractivity (Wildman–Crippen MR) is 79.4 cm³/mol. The maximum Gasteiger partial charge on any atom is 0.340 e. The quantitative estimate of drug-likeness (QED) is 0.644. The fourth-order valence-electron chi connectivity index (χ4n) is 2.20. The van der Waals surface area contributed by atoms with Crippen LogP contribution < -0.4 is 4.74 Å². The summed E-state index contributed by atoms with van der Waals surface area (Å²) in [6, 6.07) is 5.76. The Balaban J connectivity index is 2.34. The van der Waals surface area contributed by atoms with E-state index in [1.807, 2.05) is 25.1 Å². The number of nitrogens with one attached hydrogen (secondary N) is 1. The van der Waals surface area contributed by atoms with Gasteiger partial charge in [0.05, 0.1) is 18.8 Å². The van der Waals surface area contributed by atoms with Crippen LogP contribution in [0.15, 0.2) is 18.2 Å². The fourth-order valence-corrected chi connectivity index (χ4v) is 2.20. The van der Waals surface area contributed by atoms with E-state index in [-0.39, 0.29) is 5.97 Å². The molecule has 0 aliphatic rings. The summed E-state index contributed by atoms with van der Waals surface area (Å²) < 4.78 is 10.8. The van der Waals surface area contributed by atoms with E-state index in [1.54, 1.807) is 6.92 Å². The van der Waals surface area contributed by atoms with Gasteiger partial charge in [-0.1, -0.05) is 13.3 Å². The standard InChI is InChI=1S/C16H21NO3/c1-4-6-9-20-12-7-8-14-13(10-12)15(11(3)17-14)16(18)19-5-2/h7-8,10,17H,4-6,9H2,1-3H3. The van der Waals surface area contributed by atoms with Gasteiger partial charge in [-0.25, -0.2) is 4.79 Å². The summed E-state index contributed by atoms with van der Waals surface area (Å²) >= 11 is 0. The molecule has 108 valence electrons. The molecule has 1 N–H and O–H groups in total. The van der Waals surface area contributed by atoms with Crippen molar-refractivity contribution in [2.75, 3.05) is 13.2 Å². The third kappa shape index (κ3) is 2.95. The molecule has 1 heterocycles. The van der Waals surface area contributed by atoms with Crippen LogP contribution in [0.25, 0.3) is 10.9 Å². The zero-order chi connectivity index (χ0) is 14.5. The van der Waals surface area contributed by atoms with Crippen LogP contribution in [-0.2, 0) is 4.74 Å². The number of ether oxygens (including phenoxy) is 2. The molecule has 0 fully saturated rings. The summed E-state index contributed by atoms with van der Waals surface area (Å²) in [6.07, 6.45) is 2.12. The molecule has 0 aliphatic heterocycles. The highest BCUT2D eigenvalue weighted by atomic mass is 16.5. The number of aryl methyl sites for hydroxylation is 1. The van der Waals surface area contributed by atoms with Crippen molar-refractivity contribution >= 4 is 16.9 Å². The molecular formula is C16H21NO3. The Morgan fingerprint density at radius 2 is 2.10 bits per heavy atom. The van der Waals surface area contributed by atoms with Crippen molar-refractivity contribution in [2.24, 2.45) is 0 Å². The second-order valence-electron chi connectivity index (χ2n) is 4.75. The van der Waals surface area contributed by atoms with E-state index in [4.69, 9.17) is 9.47 Å². The molecular weight excluding hydrogens is 254 g/mol. The largest absolute Gasteiger partial charge is 0.494 e. The minimum atomic E-state index is -0.290. The van der Waals surface area contributed by atoms with Gasteiger partial charge in [-0.2, -0.15) is 0 Å². The van der Waals surface area contributed by atoms with Crippen LogP contribution in [0.2, 0.25) is 0 Å². The number of H-pyrrole nitrogens is 1. The lowest BCUT2D eigenvalue weighted by Crippen LogP contribution is -2.05. The van der Waals surface area contributed by atoms with Crippen LogP contribution in [0.4, 0.5) is 0 Å². The maximum atomic E-state index is 12.0. The van der Waals surface area contributed by atoms with Crippen LogP contribution in [-0.4, -0.2) is 24.2 Å². The summed E-state index contributed by atoms with van der Waals surface area (Å²) in [5, 5.41) is 0.856. The van der Waals surface area contributed by atoms with Gasteiger partial charge in [0.15, 0.2) is 0 Å².